The highest BCUT2D eigenvalue weighted by molar-refractivity contribution is 5.79. The molecule has 0 atom stereocenters. The van der Waals surface area contributed by atoms with Crippen LogP contribution in [0, 0.1) is 0 Å². The first-order valence-electron chi connectivity index (χ1n) is 7.78. The van der Waals surface area contributed by atoms with Gasteiger partial charge in [-0.1, -0.05) is 6.07 Å². The lowest BCUT2D eigenvalue weighted by molar-refractivity contribution is 0.145. The highest BCUT2D eigenvalue weighted by atomic mass is 16.5. The Morgan fingerprint density at radius 2 is 2.18 bits per heavy atom. The molecule has 2 rings (SSSR count). The van der Waals surface area contributed by atoms with E-state index in [0.29, 0.717) is 0 Å². The van der Waals surface area contributed by atoms with Gasteiger partial charge in [-0.05, 0) is 25.5 Å². The van der Waals surface area contributed by atoms with Crippen molar-refractivity contribution in [3.05, 3.63) is 36.3 Å². The molecule has 0 radical (unpaired) electrons. The Hall–Kier alpha value is -2.08. The summed E-state index contributed by atoms with van der Waals surface area (Å²) in [5.74, 6) is 0.820. The van der Waals surface area contributed by atoms with E-state index in [9.17, 15) is 0 Å². The van der Waals surface area contributed by atoms with Crippen LogP contribution in [0.2, 0.25) is 0 Å². The molecule has 6 heteroatoms. The number of imidazole rings is 1. The van der Waals surface area contributed by atoms with Crippen LogP contribution in [0.3, 0.4) is 0 Å². The van der Waals surface area contributed by atoms with Crippen LogP contribution >= 0.6 is 0 Å². The van der Waals surface area contributed by atoms with Gasteiger partial charge in [0.2, 0.25) is 0 Å². The zero-order valence-corrected chi connectivity index (χ0v) is 13.4. The predicted molar refractivity (Wildman–Crippen MR) is 89.4 cm³/mol. The van der Waals surface area contributed by atoms with Crippen molar-refractivity contribution >= 4 is 11.6 Å². The molecule has 0 saturated carbocycles. The molecule has 2 aromatic rings. The molecule has 0 bridgehead atoms. The largest absolute Gasteiger partial charge is 0.382 e. The summed E-state index contributed by atoms with van der Waals surface area (Å²) in [4.78, 5) is 8.79. The summed E-state index contributed by atoms with van der Waals surface area (Å²) in [5.41, 5.74) is 2.06. The lowest BCUT2D eigenvalue weighted by Crippen LogP contribution is -2.39. The summed E-state index contributed by atoms with van der Waals surface area (Å²) < 4.78 is 7.34. The molecule has 120 valence electrons. The van der Waals surface area contributed by atoms with Gasteiger partial charge in [-0.15, -0.1) is 0 Å². The Morgan fingerprint density at radius 3 is 2.95 bits per heavy atom. The molecule has 2 heterocycles. The number of nitrogens with zero attached hydrogens (tertiary/aromatic N) is 3. The van der Waals surface area contributed by atoms with E-state index >= 15 is 0 Å². The standard InChI is InChI=1S/C16H25N5O/c1-3-22-12-6-9-18-16(17-2)19-10-8-14-13-21-11-5-4-7-15(21)20-14/h4-5,7,11,13H,3,6,8-10,12H2,1-2H3,(H2,17,18,19). The van der Waals surface area contributed by atoms with Gasteiger partial charge in [-0.2, -0.15) is 0 Å². The molecular weight excluding hydrogens is 278 g/mol. The van der Waals surface area contributed by atoms with Crippen LogP contribution in [0.5, 0.6) is 0 Å². The Balaban J connectivity index is 1.69. The number of hydrogen-bond acceptors (Lipinski definition) is 3. The average molecular weight is 303 g/mol. The van der Waals surface area contributed by atoms with E-state index in [-0.39, 0.29) is 0 Å². The first-order valence-corrected chi connectivity index (χ1v) is 7.78. The number of pyridine rings is 1. The average Bonchev–Trinajstić information content (AvgIpc) is 2.95. The zero-order chi connectivity index (χ0) is 15.6. The molecule has 0 aliphatic carbocycles. The Morgan fingerprint density at radius 1 is 1.32 bits per heavy atom. The molecule has 0 amide bonds. The van der Waals surface area contributed by atoms with Gasteiger partial charge in [-0.3, -0.25) is 4.99 Å². The van der Waals surface area contributed by atoms with Crippen LogP contribution in [0.25, 0.3) is 5.65 Å². The first kappa shape index (κ1) is 16.3. The van der Waals surface area contributed by atoms with E-state index in [1.54, 1.807) is 7.05 Å². The lowest BCUT2D eigenvalue weighted by Gasteiger charge is -2.11. The topological polar surface area (TPSA) is 63.0 Å². The van der Waals surface area contributed by atoms with Crippen molar-refractivity contribution in [1.82, 2.24) is 20.0 Å². The molecule has 0 aliphatic rings. The van der Waals surface area contributed by atoms with E-state index in [0.717, 1.165) is 56.4 Å². The third-order valence-electron chi connectivity index (χ3n) is 3.27. The van der Waals surface area contributed by atoms with Crippen LogP contribution in [-0.2, 0) is 11.2 Å². The Kier molecular flexibility index (Phi) is 6.70. The third-order valence-corrected chi connectivity index (χ3v) is 3.27. The number of hydrogen-bond donors (Lipinski definition) is 2. The molecular formula is C16H25N5O. The van der Waals surface area contributed by atoms with Gasteiger partial charge in [0.1, 0.15) is 5.65 Å². The molecule has 0 spiro atoms. The Bertz CT molecular complexity index is 560. The van der Waals surface area contributed by atoms with Crippen LogP contribution in [0.15, 0.2) is 35.6 Å². The van der Waals surface area contributed by atoms with Crippen LogP contribution in [-0.4, -0.2) is 48.7 Å². The number of fused-ring (bicyclic) bond motifs is 1. The minimum atomic E-state index is 0.770. The number of nitrogens with one attached hydrogen (secondary N) is 2. The lowest BCUT2D eigenvalue weighted by atomic mass is 10.3. The fraction of sp³-hybridized carbons (Fsp3) is 0.500. The van der Waals surface area contributed by atoms with Gasteiger partial charge in [0.15, 0.2) is 5.96 Å². The summed E-state index contributed by atoms with van der Waals surface area (Å²) >= 11 is 0. The second-order valence-corrected chi connectivity index (χ2v) is 4.92. The van der Waals surface area contributed by atoms with Crippen molar-refractivity contribution in [2.75, 3.05) is 33.4 Å². The van der Waals surface area contributed by atoms with E-state index < -0.39 is 0 Å². The number of ether oxygens (including phenoxy) is 1. The first-order chi connectivity index (χ1) is 10.8. The maximum absolute atomic E-state index is 5.31. The maximum Gasteiger partial charge on any atom is 0.190 e. The molecule has 0 aliphatic heterocycles. The summed E-state index contributed by atoms with van der Waals surface area (Å²) in [7, 11) is 1.78. The van der Waals surface area contributed by atoms with Gasteiger partial charge >= 0.3 is 0 Å². The number of rotatable bonds is 8. The quantitative estimate of drug-likeness (QED) is 0.440. The van der Waals surface area contributed by atoms with Gasteiger partial charge in [0.05, 0.1) is 5.69 Å². The fourth-order valence-electron chi connectivity index (χ4n) is 2.16. The van der Waals surface area contributed by atoms with Gasteiger partial charge in [0, 0.05) is 52.2 Å². The van der Waals surface area contributed by atoms with Gasteiger partial charge in [-0.25, -0.2) is 4.98 Å². The number of aliphatic imine (C=N–C) groups is 1. The summed E-state index contributed by atoms with van der Waals surface area (Å²) in [5, 5.41) is 6.58. The SMILES string of the molecule is CCOCCCNC(=NC)NCCc1cn2ccccc2n1. The summed E-state index contributed by atoms with van der Waals surface area (Å²) in [6.45, 7) is 5.21. The second-order valence-electron chi connectivity index (χ2n) is 4.92. The fourth-order valence-corrected chi connectivity index (χ4v) is 2.16. The predicted octanol–water partition coefficient (Wildman–Crippen LogP) is 1.47. The molecule has 0 fully saturated rings. The minimum Gasteiger partial charge on any atom is -0.382 e. The van der Waals surface area contributed by atoms with Crippen molar-refractivity contribution in [3.63, 3.8) is 0 Å². The van der Waals surface area contributed by atoms with Crippen molar-refractivity contribution < 1.29 is 4.74 Å². The van der Waals surface area contributed by atoms with E-state index in [4.69, 9.17) is 4.74 Å². The normalized spacial score (nSPS) is 11.8. The van der Waals surface area contributed by atoms with Crippen LogP contribution < -0.4 is 10.6 Å². The molecule has 0 saturated heterocycles. The molecule has 2 N–H and O–H groups in total. The molecule has 22 heavy (non-hydrogen) atoms. The number of guanidine groups is 1. The van der Waals surface area contributed by atoms with Crippen LogP contribution in [0.1, 0.15) is 19.0 Å². The second kappa shape index (κ2) is 9.04. The maximum atomic E-state index is 5.31. The van der Waals surface area contributed by atoms with Gasteiger partial charge in [0.25, 0.3) is 0 Å². The third kappa shape index (κ3) is 5.04. The molecule has 0 aromatic carbocycles. The molecule has 2 aromatic heterocycles. The van der Waals surface area contributed by atoms with Gasteiger partial charge < -0.3 is 19.8 Å². The highest BCUT2D eigenvalue weighted by Crippen LogP contribution is 2.04. The minimum absolute atomic E-state index is 0.770. The van der Waals surface area contributed by atoms with Crippen molar-refractivity contribution in [2.24, 2.45) is 4.99 Å². The smallest absolute Gasteiger partial charge is 0.190 e. The van der Waals surface area contributed by atoms with E-state index in [2.05, 4.69) is 26.8 Å². The zero-order valence-electron chi connectivity index (χ0n) is 13.4. The van der Waals surface area contributed by atoms with E-state index in [1.807, 2.05) is 35.7 Å². The van der Waals surface area contributed by atoms with E-state index in [1.165, 1.54) is 0 Å². The van der Waals surface area contributed by atoms with Crippen LogP contribution in [0.4, 0.5) is 0 Å². The van der Waals surface area contributed by atoms with Crippen molar-refractivity contribution in [1.29, 1.82) is 0 Å². The summed E-state index contributed by atoms with van der Waals surface area (Å²) in [6.07, 6.45) is 5.91. The summed E-state index contributed by atoms with van der Waals surface area (Å²) in [6, 6.07) is 6.01. The Labute approximate surface area is 131 Å². The number of aromatic nitrogens is 2. The van der Waals surface area contributed by atoms with Crippen molar-refractivity contribution in [2.45, 2.75) is 19.8 Å². The molecule has 0 unspecified atom stereocenters. The van der Waals surface area contributed by atoms with Crippen molar-refractivity contribution in [3.8, 4) is 0 Å². The highest BCUT2D eigenvalue weighted by Gasteiger charge is 2.02. The molecule has 6 nitrogen and oxygen atoms in total. The monoisotopic (exact) mass is 303 g/mol.